The van der Waals surface area contributed by atoms with E-state index < -0.39 is 24.5 Å². The van der Waals surface area contributed by atoms with Gasteiger partial charge in [0.2, 0.25) is 11.8 Å². The van der Waals surface area contributed by atoms with E-state index in [0.717, 1.165) is 51.4 Å². The number of amides is 2. The number of aliphatic carboxylic acids is 1. The highest BCUT2D eigenvalue weighted by atomic mass is 16.5. The molecule has 0 radical (unpaired) electrons. The Morgan fingerprint density at radius 2 is 1.00 bits per heavy atom. The first-order chi connectivity index (χ1) is 25.8. The van der Waals surface area contributed by atoms with Gasteiger partial charge in [0.1, 0.15) is 12.1 Å². The van der Waals surface area contributed by atoms with Crippen LogP contribution in [0.3, 0.4) is 0 Å². The molecule has 0 spiro atoms. The lowest BCUT2D eigenvalue weighted by atomic mass is 10.0. The standard InChI is InChI=1S/C44H82N2O7/c1-3-5-7-9-11-12-13-14-15-16-17-18-19-20-21-22-24-26-32-36-43(50)53-39(33-29-25-23-10-8-6-4-2)34-30-27-28-31-35-41(48)45-37-42(49)46-40(38-47)44(51)52/h29,33,39-40,47H,3-28,30-32,34-38H2,1-2H3,(H,45,48)(H,46,49)(H,51,52)/b33-29-. The molecular weight excluding hydrogens is 668 g/mol. The molecule has 0 aliphatic carbocycles. The second kappa shape index (κ2) is 39.3. The molecule has 0 rings (SSSR count). The van der Waals surface area contributed by atoms with E-state index in [-0.39, 0.29) is 30.9 Å². The number of aliphatic hydroxyl groups is 1. The van der Waals surface area contributed by atoms with Crippen LogP contribution in [0.15, 0.2) is 12.2 Å². The molecule has 4 N–H and O–H groups in total. The predicted molar refractivity (Wildman–Crippen MR) is 218 cm³/mol. The van der Waals surface area contributed by atoms with Gasteiger partial charge in [0.25, 0.3) is 0 Å². The fourth-order valence-corrected chi connectivity index (χ4v) is 6.57. The van der Waals surface area contributed by atoms with Crippen molar-refractivity contribution in [3.05, 3.63) is 12.2 Å². The Morgan fingerprint density at radius 1 is 0.566 bits per heavy atom. The van der Waals surface area contributed by atoms with Crippen LogP contribution < -0.4 is 10.6 Å². The van der Waals surface area contributed by atoms with Gasteiger partial charge in [0, 0.05) is 12.8 Å². The fraction of sp³-hybridized carbons (Fsp3) is 0.864. The Labute approximate surface area is 324 Å². The zero-order valence-corrected chi connectivity index (χ0v) is 34.3. The van der Waals surface area contributed by atoms with Crippen molar-refractivity contribution < 1.29 is 34.1 Å². The van der Waals surface area contributed by atoms with Crippen LogP contribution in [0.4, 0.5) is 0 Å². The highest BCUT2D eigenvalue weighted by Crippen LogP contribution is 2.17. The van der Waals surface area contributed by atoms with Gasteiger partial charge in [-0.3, -0.25) is 14.4 Å². The summed E-state index contributed by atoms with van der Waals surface area (Å²) in [6.07, 6.45) is 41.3. The molecule has 0 aliphatic heterocycles. The van der Waals surface area contributed by atoms with Gasteiger partial charge >= 0.3 is 11.9 Å². The van der Waals surface area contributed by atoms with Crippen LogP contribution in [0.1, 0.15) is 219 Å². The van der Waals surface area contributed by atoms with Crippen LogP contribution in [-0.4, -0.2) is 59.3 Å². The number of carboxylic acid groups (broad SMARTS) is 1. The van der Waals surface area contributed by atoms with E-state index >= 15 is 0 Å². The molecule has 9 heteroatoms. The Hall–Kier alpha value is -2.42. The van der Waals surface area contributed by atoms with Crippen molar-refractivity contribution in [1.29, 1.82) is 0 Å². The number of unbranched alkanes of at least 4 members (excludes halogenated alkanes) is 26. The van der Waals surface area contributed by atoms with E-state index in [0.29, 0.717) is 12.8 Å². The van der Waals surface area contributed by atoms with Gasteiger partial charge in [-0.15, -0.1) is 0 Å². The summed E-state index contributed by atoms with van der Waals surface area (Å²) in [4.78, 5) is 47.5. The lowest BCUT2D eigenvalue weighted by Crippen LogP contribution is -2.47. The Kier molecular flexibility index (Phi) is 37.5. The largest absolute Gasteiger partial charge is 0.480 e. The summed E-state index contributed by atoms with van der Waals surface area (Å²) >= 11 is 0. The summed E-state index contributed by atoms with van der Waals surface area (Å²) in [5.74, 6) is -2.38. The quantitative estimate of drug-likeness (QED) is 0.0277. The van der Waals surface area contributed by atoms with Gasteiger partial charge in [0.05, 0.1) is 13.2 Å². The van der Waals surface area contributed by atoms with Crippen LogP contribution in [0.25, 0.3) is 0 Å². The Morgan fingerprint density at radius 3 is 1.47 bits per heavy atom. The normalized spacial score (nSPS) is 12.5. The van der Waals surface area contributed by atoms with Gasteiger partial charge < -0.3 is 25.6 Å². The summed E-state index contributed by atoms with van der Waals surface area (Å²) in [7, 11) is 0. The summed E-state index contributed by atoms with van der Waals surface area (Å²) in [5.41, 5.74) is 0. The van der Waals surface area contributed by atoms with Crippen molar-refractivity contribution >= 4 is 23.8 Å². The number of hydrogen-bond donors (Lipinski definition) is 4. The average Bonchev–Trinajstić information content (AvgIpc) is 3.14. The SMILES string of the molecule is CCCCCCC/C=C\C(CCCCCCC(=O)NCC(=O)NC(CO)C(=O)O)OC(=O)CCCCCCCCCCCCCCCCCCCCC. The van der Waals surface area contributed by atoms with Gasteiger partial charge in [-0.2, -0.15) is 0 Å². The number of nitrogens with one attached hydrogen (secondary N) is 2. The zero-order valence-electron chi connectivity index (χ0n) is 34.3. The van der Waals surface area contributed by atoms with Gasteiger partial charge in [-0.1, -0.05) is 174 Å². The molecule has 0 bridgehead atoms. The third kappa shape index (κ3) is 36.3. The Balaban J connectivity index is 4.10. The van der Waals surface area contributed by atoms with Gasteiger partial charge in [0.15, 0.2) is 0 Å². The van der Waals surface area contributed by atoms with Crippen molar-refractivity contribution in [3.63, 3.8) is 0 Å². The molecule has 0 saturated carbocycles. The smallest absolute Gasteiger partial charge is 0.328 e. The topological polar surface area (TPSA) is 142 Å². The van der Waals surface area contributed by atoms with Crippen LogP contribution in [0.2, 0.25) is 0 Å². The molecular formula is C44H82N2O7. The summed E-state index contributed by atoms with van der Waals surface area (Å²) in [6.45, 7) is 3.45. The first-order valence-corrected chi connectivity index (χ1v) is 22.1. The number of rotatable bonds is 40. The molecule has 2 unspecified atom stereocenters. The van der Waals surface area contributed by atoms with Gasteiger partial charge in [-0.05, 0) is 44.6 Å². The molecule has 9 nitrogen and oxygen atoms in total. The molecule has 0 aliphatic rings. The van der Waals surface area contributed by atoms with E-state index in [1.54, 1.807) is 0 Å². The molecule has 2 amide bonds. The van der Waals surface area contributed by atoms with Crippen LogP contribution in [-0.2, 0) is 23.9 Å². The lowest BCUT2D eigenvalue weighted by molar-refractivity contribution is -0.147. The molecule has 53 heavy (non-hydrogen) atoms. The van der Waals surface area contributed by atoms with Crippen LogP contribution in [0.5, 0.6) is 0 Å². The number of carbonyl (C=O) groups is 4. The first kappa shape index (κ1) is 50.6. The van der Waals surface area contributed by atoms with Gasteiger partial charge in [-0.25, -0.2) is 4.79 Å². The van der Waals surface area contributed by atoms with Crippen molar-refractivity contribution in [1.82, 2.24) is 10.6 Å². The third-order valence-corrected chi connectivity index (χ3v) is 10.00. The van der Waals surface area contributed by atoms with Crippen LogP contribution >= 0.6 is 0 Å². The molecule has 0 saturated heterocycles. The molecule has 0 aromatic heterocycles. The van der Waals surface area contributed by atoms with E-state index in [9.17, 15) is 19.2 Å². The summed E-state index contributed by atoms with van der Waals surface area (Å²) in [6, 6.07) is -1.39. The van der Waals surface area contributed by atoms with E-state index in [1.807, 2.05) is 0 Å². The number of allylic oxidation sites excluding steroid dienone is 1. The maximum Gasteiger partial charge on any atom is 0.328 e. The highest BCUT2D eigenvalue weighted by Gasteiger charge is 2.18. The van der Waals surface area contributed by atoms with E-state index in [2.05, 4.69) is 36.6 Å². The second-order valence-corrected chi connectivity index (χ2v) is 15.1. The minimum absolute atomic E-state index is 0.107. The minimum Gasteiger partial charge on any atom is -0.480 e. The predicted octanol–water partition coefficient (Wildman–Crippen LogP) is 10.7. The van der Waals surface area contributed by atoms with Crippen molar-refractivity contribution in [3.8, 4) is 0 Å². The van der Waals surface area contributed by atoms with Crippen molar-refractivity contribution in [2.24, 2.45) is 0 Å². The zero-order chi connectivity index (χ0) is 39.0. The maximum absolute atomic E-state index is 12.7. The number of esters is 1. The van der Waals surface area contributed by atoms with Crippen molar-refractivity contribution in [2.45, 2.75) is 231 Å². The third-order valence-electron chi connectivity index (χ3n) is 10.00. The minimum atomic E-state index is -1.39. The molecule has 0 aromatic rings. The lowest BCUT2D eigenvalue weighted by Gasteiger charge is -2.15. The van der Waals surface area contributed by atoms with E-state index in [1.165, 1.54) is 135 Å². The maximum atomic E-state index is 12.7. The monoisotopic (exact) mass is 751 g/mol. The number of ether oxygens (including phenoxy) is 1. The first-order valence-electron chi connectivity index (χ1n) is 22.1. The number of carbonyl (C=O) groups excluding carboxylic acids is 3. The molecule has 0 aromatic carbocycles. The highest BCUT2D eigenvalue weighted by molar-refractivity contribution is 5.87. The summed E-state index contributed by atoms with van der Waals surface area (Å²) < 4.78 is 5.90. The van der Waals surface area contributed by atoms with E-state index in [4.69, 9.17) is 14.9 Å². The van der Waals surface area contributed by atoms with Crippen molar-refractivity contribution in [2.75, 3.05) is 13.2 Å². The summed E-state index contributed by atoms with van der Waals surface area (Å²) in [5, 5.41) is 22.5. The fourth-order valence-electron chi connectivity index (χ4n) is 6.57. The number of hydrogen-bond acceptors (Lipinski definition) is 6. The molecule has 0 fully saturated rings. The molecule has 0 heterocycles. The molecule has 310 valence electrons. The average molecular weight is 751 g/mol. The Bertz CT molecular complexity index is 910. The number of carboxylic acids is 1. The second-order valence-electron chi connectivity index (χ2n) is 15.1. The molecule has 2 atom stereocenters. The van der Waals surface area contributed by atoms with Crippen LogP contribution in [0, 0.1) is 0 Å². The number of aliphatic hydroxyl groups excluding tert-OH is 1.